The first kappa shape index (κ1) is 21.1. The Bertz CT molecular complexity index is 753. The second-order valence-corrected chi connectivity index (χ2v) is 7.62. The Morgan fingerprint density at radius 1 is 1.37 bits per heavy atom. The van der Waals surface area contributed by atoms with Gasteiger partial charge in [0.2, 0.25) is 0 Å². The van der Waals surface area contributed by atoms with Crippen LogP contribution in [0.4, 0.5) is 0 Å². The van der Waals surface area contributed by atoms with Gasteiger partial charge in [0.05, 0.1) is 18.2 Å². The van der Waals surface area contributed by atoms with Crippen LogP contribution in [0.3, 0.4) is 0 Å². The largest absolute Gasteiger partial charge is 0.493 e. The van der Waals surface area contributed by atoms with Gasteiger partial charge in [-0.2, -0.15) is 5.26 Å². The number of hydrogen-bond acceptors (Lipinski definition) is 4. The number of nitrogens with zero attached hydrogens (tertiary/aromatic N) is 1. The summed E-state index contributed by atoms with van der Waals surface area (Å²) in [6, 6.07) is 5.47. The predicted molar refractivity (Wildman–Crippen MR) is 107 cm³/mol. The number of amides is 1. The van der Waals surface area contributed by atoms with Crippen LogP contribution in [0.2, 0.25) is 5.02 Å². The van der Waals surface area contributed by atoms with E-state index in [4.69, 9.17) is 21.1 Å². The van der Waals surface area contributed by atoms with Crippen LogP contribution in [0.1, 0.15) is 52.0 Å². The molecule has 1 aliphatic carbocycles. The van der Waals surface area contributed by atoms with Gasteiger partial charge < -0.3 is 14.8 Å². The third-order valence-electron chi connectivity index (χ3n) is 4.71. The van der Waals surface area contributed by atoms with Gasteiger partial charge in [-0.05, 0) is 56.4 Å². The smallest absolute Gasteiger partial charge is 0.262 e. The maximum absolute atomic E-state index is 12.6. The van der Waals surface area contributed by atoms with Gasteiger partial charge in [-0.3, -0.25) is 4.79 Å². The van der Waals surface area contributed by atoms with Gasteiger partial charge in [-0.15, -0.1) is 0 Å². The lowest BCUT2D eigenvalue weighted by molar-refractivity contribution is -0.118. The first-order valence-corrected chi connectivity index (χ1v) is 9.70. The first-order valence-electron chi connectivity index (χ1n) is 9.32. The molecule has 0 aliphatic heterocycles. The molecular weight excluding hydrogens is 364 g/mol. The SMILES string of the molecule is COc1cc(/C=C(\C#N)C(=O)NC2CCCCC2C)cc(Cl)c1OC(C)C. The van der Waals surface area contributed by atoms with Crippen molar-refractivity contribution in [2.75, 3.05) is 7.11 Å². The zero-order valence-corrected chi connectivity index (χ0v) is 17.1. The highest BCUT2D eigenvalue weighted by atomic mass is 35.5. The van der Waals surface area contributed by atoms with Crippen molar-refractivity contribution in [1.82, 2.24) is 5.32 Å². The number of halogens is 1. The summed E-state index contributed by atoms with van der Waals surface area (Å²) >= 11 is 6.32. The molecule has 1 aromatic rings. The fourth-order valence-corrected chi connectivity index (χ4v) is 3.53. The standard InChI is InChI=1S/C21H27ClN2O3/c1-13(2)27-20-17(22)10-15(11-19(20)26-4)9-16(12-23)21(25)24-18-8-6-5-7-14(18)3/h9-11,13-14,18H,5-8H2,1-4H3,(H,24,25)/b16-9+. The van der Waals surface area contributed by atoms with Gasteiger partial charge in [-0.25, -0.2) is 0 Å². The van der Waals surface area contributed by atoms with E-state index in [0.717, 1.165) is 19.3 Å². The van der Waals surface area contributed by atoms with Gasteiger partial charge in [0, 0.05) is 6.04 Å². The van der Waals surface area contributed by atoms with Crippen LogP contribution in [-0.2, 0) is 4.79 Å². The molecule has 2 atom stereocenters. The van der Waals surface area contributed by atoms with Crippen LogP contribution in [0.25, 0.3) is 6.08 Å². The molecule has 1 aromatic carbocycles. The van der Waals surface area contributed by atoms with Gasteiger partial charge in [0.1, 0.15) is 11.6 Å². The van der Waals surface area contributed by atoms with Crippen molar-refractivity contribution in [2.45, 2.75) is 58.6 Å². The summed E-state index contributed by atoms with van der Waals surface area (Å²) < 4.78 is 11.0. The van der Waals surface area contributed by atoms with Gasteiger partial charge in [-0.1, -0.05) is 31.4 Å². The average Bonchev–Trinajstić information content (AvgIpc) is 2.63. The van der Waals surface area contributed by atoms with Crippen molar-refractivity contribution < 1.29 is 14.3 Å². The predicted octanol–water partition coefficient (Wildman–Crippen LogP) is 4.74. The summed E-state index contributed by atoms with van der Waals surface area (Å²) in [6.07, 6.45) is 5.81. The van der Waals surface area contributed by atoms with E-state index in [-0.39, 0.29) is 23.6 Å². The quantitative estimate of drug-likeness (QED) is 0.562. The topological polar surface area (TPSA) is 71.3 Å². The molecule has 1 amide bonds. The van der Waals surface area contributed by atoms with Crippen LogP contribution in [0, 0.1) is 17.2 Å². The maximum Gasteiger partial charge on any atom is 0.262 e. The summed E-state index contributed by atoms with van der Waals surface area (Å²) in [6.45, 7) is 5.93. The summed E-state index contributed by atoms with van der Waals surface area (Å²) in [4.78, 5) is 12.6. The Hall–Kier alpha value is -2.19. The number of hydrogen-bond donors (Lipinski definition) is 1. The minimum absolute atomic E-state index is 0.0448. The molecule has 0 spiro atoms. The molecule has 0 aromatic heterocycles. The van der Waals surface area contributed by atoms with Crippen molar-refractivity contribution in [3.63, 3.8) is 0 Å². The maximum atomic E-state index is 12.6. The van der Waals surface area contributed by atoms with E-state index < -0.39 is 0 Å². The molecule has 27 heavy (non-hydrogen) atoms. The molecule has 0 heterocycles. The molecular formula is C21H27ClN2O3. The second-order valence-electron chi connectivity index (χ2n) is 7.21. The molecule has 5 nitrogen and oxygen atoms in total. The lowest BCUT2D eigenvalue weighted by atomic mass is 9.86. The molecule has 146 valence electrons. The number of nitrogens with one attached hydrogen (secondary N) is 1. The minimum Gasteiger partial charge on any atom is -0.493 e. The molecule has 1 fully saturated rings. The van der Waals surface area contributed by atoms with Crippen LogP contribution < -0.4 is 14.8 Å². The monoisotopic (exact) mass is 390 g/mol. The van der Waals surface area contributed by atoms with Crippen molar-refractivity contribution in [3.8, 4) is 17.6 Å². The zero-order valence-electron chi connectivity index (χ0n) is 16.3. The normalized spacial score (nSPS) is 20.1. The number of benzene rings is 1. The zero-order chi connectivity index (χ0) is 20.0. The lowest BCUT2D eigenvalue weighted by Gasteiger charge is -2.29. The number of ether oxygens (including phenoxy) is 2. The lowest BCUT2D eigenvalue weighted by Crippen LogP contribution is -2.41. The number of carbonyl (C=O) groups excluding carboxylic acids is 1. The molecule has 6 heteroatoms. The van der Waals surface area contributed by atoms with E-state index >= 15 is 0 Å². The van der Waals surface area contributed by atoms with E-state index in [1.54, 1.807) is 12.1 Å². The molecule has 2 unspecified atom stereocenters. The number of carbonyl (C=O) groups is 1. The Morgan fingerprint density at radius 3 is 2.67 bits per heavy atom. The van der Waals surface area contributed by atoms with Crippen molar-refractivity contribution >= 4 is 23.6 Å². The Morgan fingerprint density at radius 2 is 2.07 bits per heavy atom. The fourth-order valence-electron chi connectivity index (χ4n) is 3.27. The highest BCUT2D eigenvalue weighted by Gasteiger charge is 2.24. The summed E-state index contributed by atoms with van der Waals surface area (Å²) in [5.74, 6) is 0.977. The van der Waals surface area contributed by atoms with Gasteiger partial charge >= 0.3 is 0 Å². The molecule has 0 radical (unpaired) electrons. The molecule has 1 N–H and O–H groups in total. The highest BCUT2D eigenvalue weighted by molar-refractivity contribution is 6.32. The number of rotatable bonds is 6. The Labute approximate surface area is 166 Å². The Kier molecular flexibility index (Phi) is 7.55. The van der Waals surface area contributed by atoms with Crippen LogP contribution in [0.5, 0.6) is 11.5 Å². The molecule has 1 aliphatic rings. The summed E-state index contributed by atoms with van der Waals surface area (Å²) in [7, 11) is 1.52. The van der Waals surface area contributed by atoms with E-state index in [1.807, 2.05) is 19.9 Å². The fraction of sp³-hybridized carbons (Fsp3) is 0.524. The van der Waals surface area contributed by atoms with Crippen LogP contribution >= 0.6 is 11.6 Å². The van der Waals surface area contributed by atoms with Gasteiger partial charge in [0.15, 0.2) is 11.5 Å². The van der Waals surface area contributed by atoms with Crippen molar-refractivity contribution in [1.29, 1.82) is 5.26 Å². The first-order chi connectivity index (χ1) is 12.8. The summed E-state index contributed by atoms with van der Waals surface area (Å²) in [5, 5.41) is 12.8. The van der Waals surface area contributed by atoms with Gasteiger partial charge in [0.25, 0.3) is 5.91 Å². The van der Waals surface area contributed by atoms with E-state index in [0.29, 0.717) is 28.0 Å². The minimum atomic E-state index is -0.353. The molecule has 2 rings (SSSR count). The third kappa shape index (κ3) is 5.64. The van der Waals surface area contributed by atoms with E-state index in [1.165, 1.54) is 19.6 Å². The summed E-state index contributed by atoms with van der Waals surface area (Å²) in [5.41, 5.74) is 0.653. The molecule has 0 bridgehead atoms. The van der Waals surface area contributed by atoms with Crippen molar-refractivity contribution in [2.24, 2.45) is 5.92 Å². The average molecular weight is 391 g/mol. The van der Waals surface area contributed by atoms with Crippen LogP contribution in [-0.4, -0.2) is 25.2 Å². The molecule has 1 saturated carbocycles. The number of methoxy groups -OCH3 is 1. The van der Waals surface area contributed by atoms with E-state index in [9.17, 15) is 10.1 Å². The number of nitriles is 1. The van der Waals surface area contributed by atoms with Crippen LogP contribution in [0.15, 0.2) is 17.7 Å². The third-order valence-corrected chi connectivity index (χ3v) is 4.99. The Balaban J connectivity index is 2.24. The van der Waals surface area contributed by atoms with E-state index in [2.05, 4.69) is 12.2 Å². The molecule has 0 saturated heterocycles. The van der Waals surface area contributed by atoms with Crippen molar-refractivity contribution in [3.05, 3.63) is 28.3 Å². The second kappa shape index (κ2) is 9.66. The highest BCUT2D eigenvalue weighted by Crippen LogP contribution is 2.37.